The van der Waals surface area contributed by atoms with E-state index in [2.05, 4.69) is 57.7 Å². The van der Waals surface area contributed by atoms with Gasteiger partial charge in [-0.05, 0) is 49.2 Å². The number of piperazine rings is 1. The fourth-order valence-corrected chi connectivity index (χ4v) is 4.57. The van der Waals surface area contributed by atoms with Crippen LogP contribution in [0.15, 0.2) is 65.9 Å². The minimum Gasteiger partial charge on any atom is -0.495 e. The van der Waals surface area contributed by atoms with Crippen LogP contribution in [0.25, 0.3) is 10.2 Å². The van der Waals surface area contributed by atoms with E-state index in [0.717, 1.165) is 58.7 Å². The van der Waals surface area contributed by atoms with Crippen LogP contribution < -0.4 is 15.0 Å². The number of thiazole rings is 1. The number of aliphatic imine (C=N–C) groups is 1. The lowest BCUT2D eigenvalue weighted by atomic mass is 10.2. The first-order chi connectivity index (χ1) is 16.6. The van der Waals surface area contributed by atoms with Crippen LogP contribution in [0.5, 0.6) is 5.75 Å². The standard InChI is InChI=1S/C24H24N6OS.C2H6/c1-4-5-23(26-2)30-12-10-29(11-13-30)18-7-9-22-20(15-18)28-24(32-22)27-19-14-17(16-25)6-8-21(19)31-3;1-2/h4-9,14-15H,1-2,10-13H2,3H3,(H,27,28);1-2H3/b23-5+;. The molecule has 0 radical (unpaired) electrons. The van der Waals surface area contributed by atoms with Gasteiger partial charge in [-0.25, -0.2) is 9.98 Å². The van der Waals surface area contributed by atoms with Crippen molar-refractivity contribution in [3.8, 4) is 11.8 Å². The van der Waals surface area contributed by atoms with E-state index in [-0.39, 0.29) is 0 Å². The van der Waals surface area contributed by atoms with Crippen LogP contribution in [0.4, 0.5) is 16.5 Å². The van der Waals surface area contributed by atoms with Crippen molar-refractivity contribution < 1.29 is 4.74 Å². The fraction of sp³-hybridized carbons (Fsp3) is 0.269. The summed E-state index contributed by atoms with van der Waals surface area (Å²) < 4.78 is 6.51. The number of hydrogen-bond donors (Lipinski definition) is 1. The molecule has 176 valence electrons. The van der Waals surface area contributed by atoms with Gasteiger partial charge in [-0.3, -0.25) is 0 Å². The van der Waals surface area contributed by atoms with Crippen LogP contribution >= 0.6 is 11.3 Å². The number of benzene rings is 2. The van der Waals surface area contributed by atoms with Crippen molar-refractivity contribution in [1.82, 2.24) is 9.88 Å². The normalized spacial score (nSPS) is 13.5. The third-order valence-electron chi connectivity index (χ3n) is 5.34. The highest BCUT2D eigenvalue weighted by Gasteiger charge is 2.19. The summed E-state index contributed by atoms with van der Waals surface area (Å²) in [5.74, 6) is 1.53. The summed E-state index contributed by atoms with van der Waals surface area (Å²) in [4.78, 5) is 13.4. The Kier molecular flexibility index (Phi) is 8.66. The molecule has 0 spiro atoms. The van der Waals surface area contributed by atoms with Crippen molar-refractivity contribution in [1.29, 1.82) is 5.26 Å². The molecule has 1 fully saturated rings. The van der Waals surface area contributed by atoms with E-state index in [1.807, 2.05) is 19.9 Å². The number of hydrogen-bond acceptors (Lipinski definition) is 8. The van der Waals surface area contributed by atoms with Gasteiger partial charge in [-0.15, -0.1) is 0 Å². The van der Waals surface area contributed by atoms with Crippen LogP contribution in [-0.4, -0.2) is 49.9 Å². The highest BCUT2D eigenvalue weighted by atomic mass is 32.1. The number of allylic oxidation sites excluding steroid dienone is 2. The van der Waals surface area contributed by atoms with Crippen LogP contribution in [0.3, 0.4) is 0 Å². The van der Waals surface area contributed by atoms with E-state index < -0.39 is 0 Å². The van der Waals surface area contributed by atoms with E-state index >= 15 is 0 Å². The van der Waals surface area contributed by atoms with E-state index in [4.69, 9.17) is 9.72 Å². The molecule has 34 heavy (non-hydrogen) atoms. The predicted molar refractivity (Wildman–Crippen MR) is 144 cm³/mol. The van der Waals surface area contributed by atoms with E-state index in [9.17, 15) is 5.26 Å². The summed E-state index contributed by atoms with van der Waals surface area (Å²) in [5, 5.41) is 13.3. The Morgan fingerprint density at radius 2 is 1.97 bits per heavy atom. The molecule has 1 aliphatic rings. The summed E-state index contributed by atoms with van der Waals surface area (Å²) in [7, 11) is 1.61. The second kappa shape index (κ2) is 11.9. The van der Waals surface area contributed by atoms with Crippen molar-refractivity contribution in [3.63, 3.8) is 0 Å². The summed E-state index contributed by atoms with van der Waals surface area (Å²) in [6, 6.07) is 13.8. The Morgan fingerprint density at radius 1 is 1.21 bits per heavy atom. The van der Waals surface area contributed by atoms with Gasteiger partial charge < -0.3 is 19.9 Å². The molecule has 8 heteroatoms. The van der Waals surface area contributed by atoms with Gasteiger partial charge in [0.2, 0.25) is 0 Å². The molecule has 0 saturated carbocycles. The number of anilines is 3. The Bertz CT molecular complexity index is 1220. The summed E-state index contributed by atoms with van der Waals surface area (Å²) >= 11 is 1.57. The van der Waals surface area contributed by atoms with Gasteiger partial charge in [0.25, 0.3) is 0 Å². The Labute approximate surface area is 205 Å². The monoisotopic (exact) mass is 474 g/mol. The lowest BCUT2D eigenvalue weighted by Crippen LogP contribution is -2.45. The minimum atomic E-state index is 0.564. The summed E-state index contributed by atoms with van der Waals surface area (Å²) in [6.07, 6.45) is 3.63. The molecule has 3 aromatic rings. The first kappa shape index (κ1) is 24.8. The van der Waals surface area contributed by atoms with Crippen LogP contribution in [-0.2, 0) is 0 Å². The average Bonchev–Trinajstić information content (AvgIpc) is 3.30. The number of nitriles is 1. The number of aromatic nitrogens is 1. The lowest BCUT2D eigenvalue weighted by molar-refractivity contribution is 0.319. The van der Waals surface area contributed by atoms with Crippen LogP contribution in [0, 0.1) is 11.3 Å². The second-order valence-electron chi connectivity index (χ2n) is 7.22. The largest absolute Gasteiger partial charge is 0.495 e. The smallest absolute Gasteiger partial charge is 0.188 e. The molecule has 1 N–H and O–H groups in total. The second-order valence-corrected chi connectivity index (χ2v) is 8.25. The molecule has 1 aromatic heterocycles. The third-order valence-corrected chi connectivity index (χ3v) is 6.29. The Morgan fingerprint density at radius 3 is 2.62 bits per heavy atom. The molecule has 1 saturated heterocycles. The third kappa shape index (κ3) is 5.56. The van der Waals surface area contributed by atoms with Gasteiger partial charge in [0.15, 0.2) is 5.13 Å². The number of nitrogens with zero attached hydrogens (tertiary/aromatic N) is 5. The number of fused-ring (bicyclic) bond motifs is 1. The highest BCUT2D eigenvalue weighted by Crippen LogP contribution is 2.34. The van der Waals surface area contributed by atoms with Crippen molar-refractivity contribution in [2.75, 3.05) is 43.5 Å². The number of methoxy groups -OCH3 is 1. The van der Waals surface area contributed by atoms with Gasteiger partial charge in [0, 0.05) is 31.9 Å². The molecular formula is C26H30N6OS. The molecule has 0 atom stereocenters. The van der Waals surface area contributed by atoms with Gasteiger partial charge in [-0.1, -0.05) is 37.8 Å². The molecule has 0 aliphatic carbocycles. The molecule has 2 heterocycles. The Balaban J connectivity index is 0.00000158. The maximum Gasteiger partial charge on any atom is 0.188 e. The van der Waals surface area contributed by atoms with Crippen molar-refractivity contribution in [2.24, 2.45) is 4.99 Å². The first-order valence-electron chi connectivity index (χ1n) is 11.2. The molecule has 0 bridgehead atoms. The summed E-state index contributed by atoms with van der Waals surface area (Å²) in [6.45, 7) is 14.9. The molecule has 0 amide bonds. The molecule has 4 rings (SSSR count). The van der Waals surface area contributed by atoms with Crippen LogP contribution in [0.1, 0.15) is 19.4 Å². The van der Waals surface area contributed by atoms with Gasteiger partial charge in [0.05, 0.1) is 34.6 Å². The van der Waals surface area contributed by atoms with Gasteiger partial charge in [-0.2, -0.15) is 5.26 Å². The maximum atomic E-state index is 9.19. The van der Waals surface area contributed by atoms with Crippen LogP contribution in [0.2, 0.25) is 0 Å². The number of ether oxygens (including phenoxy) is 1. The first-order valence-corrected chi connectivity index (χ1v) is 12.0. The van der Waals surface area contributed by atoms with E-state index in [1.165, 1.54) is 0 Å². The maximum absolute atomic E-state index is 9.19. The number of rotatable bonds is 7. The zero-order valence-electron chi connectivity index (χ0n) is 19.9. The zero-order chi connectivity index (χ0) is 24.5. The van der Waals surface area contributed by atoms with Crippen molar-refractivity contribution in [2.45, 2.75) is 13.8 Å². The minimum absolute atomic E-state index is 0.564. The zero-order valence-corrected chi connectivity index (χ0v) is 20.7. The van der Waals surface area contributed by atoms with Gasteiger partial charge >= 0.3 is 0 Å². The summed E-state index contributed by atoms with van der Waals surface area (Å²) in [5.41, 5.74) is 3.38. The fourth-order valence-electron chi connectivity index (χ4n) is 3.71. The van der Waals surface area contributed by atoms with Crippen molar-refractivity contribution in [3.05, 3.63) is 66.5 Å². The lowest BCUT2D eigenvalue weighted by Gasteiger charge is -2.37. The average molecular weight is 475 g/mol. The molecular weight excluding hydrogens is 444 g/mol. The van der Waals surface area contributed by atoms with Gasteiger partial charge in [0.1, 0.15) is 11.6 Å². The Hall–Kier alpha value is -3.83. The SMILES string of the molecule is C=C/C=C(\N=C)N1CCN(c2ccc3sc(Nc4cc(C#N)ccc4OC)nc3c2)CC1.CC. The highest BCUT2D eigenvalue weighted by molar-refractivity contribution is 7.22. The van der Waals surface area contributed by atoms with Crippen molar-refractivity contribution >= 4 is 44.8 Å². The topological polar surface area (TPSA) is 76.8 Å². The van der Waals surface area contributed by atoms with E-state index in [0.29, 0.717) is 11.3 Å². The quantitative estimate of drug-likeness (QED) is 0.345. The molecule has 7 nitrogen and oxygen atoms in total. The molecule has 0 unspecified atom stereocenters. The molecule has 1 aliphatic heterocycles. The predicted octanol–water partition coefficient (Wildman–Crippen LogP) is 5.80. The van der Waals surface area contributed by atoms with E-state index in [1.54, 1.807) is 42.7 Å². The molecule has 2 aromatic carbocycles. The number of nitrogens with one attached hydrogen (secondary N) is 1.